The molecule has 35 heavy (non-hydrogen) atoms. The predicted molar refractivity (Wildman–Crippen MR) is 142 cm³/mol. The number of nitrogens with zero attached hydrogens (tertiary/aromatic N) is 4. The standard InChI is InChI=1S/C29H30N4O2/c1-22-13-14-26-27(30-22)11-6-12-28(26)32-19-17-31(18-20-32)16-15-23-7-5-10-25(21-23)33(29(34)35)24-8-3-2-4-9-24/h2-14,21H,15-20H2,1H3,(H,34,35). The van der Waals surface area contributed by atoms with E-state index in [4.69, 9.17) is 0 Å². The fourth-order valence-corrected chi connectivity index (χ4v) is 4.81. The van der Waals surface area contributed by atoms with Crippen molar-refractivity contribution < 1.29 is 9.90 Å². The van der Waals surface area contributed by atoms with Crippen molar-refractivity contribution in [1.82, 2.24) is 9.88 Å². The highest BCUT2D eigenvalue weighted by atomic mass is 16.4. The molecule has 0 saturated carbocycles. The molecule has 0 radical (unpaired) electrons. The molecule has 1 aromatic heterocycles. The molecule has 6 nitrogen and oxygen atoms in total. The van der Waals surface area contributed by atoms with Crippen LogP contribution in [0.3, 0.4) is 0 Å². The van der Waals surface area contributed by atoms with Crippen LogP contribution in [0, 0.1) is 6.92 Å². The zero-order valence-electron chi connectivity index (χ0n) is 20.0. The Kier molecular flexibility index (Phi) is 6.64. The largest absolute Gasteiger partial charge is 0.464 e. The molecule has 0 atom stereocenters. The number of para-hydroxylation sites is 1. The molecule has 1 fully saturated rings. The van der Waals surface area contributed by atoms with Gasteiger partial charge in [-0.3, -0.25) is 9.88 Å². The van der Waals surface area contributed by atoms with Gasteiger partial charge in [-0.05, 0) is 67.4 Å². The lowest BCUT2D eigenvalue weighted by molar-refractivity contribution is 0.205. The molecule has 0 unspecified atom stereocenters. The van der Waals surface area contributed by atoms with Crippen molar-refractivity contribution in [1.29, 1.82) is 0 Å². The van der Waals surface area contributed by atoms with E-state index in [1.54, 1.807) is 0 Å². The number of hydrogen-bond donors (Lipinski definition) is 1. The lowest BCUT2D eigenvalue weighted by atomic mass is 10.1. The predicted octanol–water partition coefficient (Wildman–Crippen LogP) is 5.72. The minimum Gasteiger partial charge on any atom is -0.464 e. The molecule has 178 valence electrons. The molecule has 1 aliphatic rings. The zero-order chi connectivity index (χ0) is 24.2. The van der Waals surface area contributed by atoms with Gasteiger partial charge < -0.3 is 10.0 Å². The maximum Gasteiger partial charge on any atom is 0.416 e. The van der Waals surface area contributed by atoms with Crippen LogP contribution < -0.4 is 9.80 Å². The second kappa shape index (κ2) is 10.2. The number of pyridine rings is 1. The Balaban J connectivity index is 1.22. The number of anilines is 3. The average molecular weight is 467 g/mol. The van der Waals surface area contributed by atoms with E-state index in [1.165, 1.54) is 16.0 Å². The fourth-order valence-electron chi connectivity index (χ4n) is 4.81. The number of aryl methyl sites for hydroxylation is 1. The van der Waals surface area contributed by atoms with Crippen molar-refractivity contribution >= 4 is 34.1 Å². The van der Waals surface area contributed by atoms with E-state index < -0.39 is 6.09 Å². The molecule has 2 heterocycles. The highest BCUT2D eigenvalue weighted by Gasteiger charge is 2.20. The van der Waals surface area contributed by atoms with Gasteiger partial charge in [0.15, 0.2) is 0 Å². The summed E-state index contributed by atoms with van der Waals surface area (Å²) in [5.74, 6) is 0. The molecule has 5 rings (SSSR count). The van der Waals surface area contributed by atoms with E-state index in [0.29, 0.717) is 11.4 Å². The maximum atomic E-state index is 12.0. The van der Waals surface area contributed by atoms with Crippen LogP contribution >= 0.6 is 0 Å². The Morgan fingerprint density at radius 2 is 1.63 bits per heavy atom. The van der Waals surface area contributed by atoms with Gasteiger partial charge in [-0.25, -0.2) is 9.69 Å². The second-order valence-corrected chi connectivity index (χ2v) is 9.00. The van der Waals surface area contributed by atoms with Crippen LogP contribution in [0.15, 0.2) is 84.9 Å². The summed E-state index contributed by atoms with van der Waals surface area (Å²) >= 11 is 0. The Hall–Kier alpha value is -3.90. The molecular formula is C29H30N4O2. The molecule has 3 aromatic carbocycles. The topological polar surface area (TPSA) is 59.9 Å². The maximum absolute atomic E-state index is 12.0. The Morgan fingerprint density at radius 1 is 0.886 bits per heavy atom. The molecule has 0 spiro atoms. The first-order valence-corrected chi connectivity index (χ1v) is 12.1. The van der Waals surface area contributed by atoms with Gasteiger partial charge in [-0.15, -0.1) is 0 Å². The van der Waals surface area contributed by atoms with Crippen molar-refractivity contribution in [2.75, 3.05) is 42.5 Å². The van der Waals surface area contributed by atoms with Gasteiger partial charge in [-0.2, -0.15) is 0 Å². The van der Waals surface area contributed by atoms with E-state index in [2.05, 4.69) is 51.2 Å². The quantitative estimate of drug-likeness (QED) is 0.394. The van der Waals surface area contributed by atoms with Crippen LogP contribution in [-0.2, 0) is 6.42 Å². The van der Waals surface area contributed by atoms with Crippen LogP contribution in [0.2, 0.25) is 0 Å². The highest BCUT2D eigenvalue weighted by Crippen LogP contribution is 2.28. The minimum absolute atomic E-state index is 0.645. The first-order valence-electron chi connectivity index (χ1n) is 12.1. The lowest BCUT2D eigenvalue weighted by Crippen LogP contribution is -2.47. The van der Waals surface area contributed by atoms with Crippen molar-refractivity contribution in [3.63, 3.8) is 0 Å². The van der Waals surface area contributed by atoms with Crippen LogP contribution in [-0.4, -0.2) is 53.8 Å². The zero-order valence-corrected chi connectivity index (χ0v) is 20.0. The third kappa shape index (κ3) is 5.12. The smallest absolute Gasteiger partial charge is 0.416 e. The van der Waals surface area contributed by atoms with Gasteiger partial charge in [0.05, 0.1) is 16.9 Å². The first-order chi connectivity index (χ1) is 17.1. The summed E-state index contributed by atoms with van der Waals surface area (Å²) in [5, 5.41) is 11.0. The van der Waals surface area contributed by atoms with Crippen molar-refractivity contribution in [2.45, 2.75) is 13.3 Å². The van der Waals surface area contributed by atoms with Gasteiger partial charge in [0, 0.05) is 49.5 Å². The molecule has 0 bridgehead atoms. The number of fused-ring (bicyclic) bond motifs is 1. The summed E-state index contributed by atoms with van der Waals surface area (Å²) in [5.41, 5.74) is 5.81. The Labute approximate surface area is 206 Å². The van der Waals surface area contributed by atoms with Crippen molar-refractivity contribution in [2.24, 2.45) is 0 Å². The van der Waals surface area contributed by atoms with E-state index in [0.717, 1.165) is 55.9 Å². The molecule has 1 aliphatic heterocycles. The van der Waals surface area contributed by atoms with E-state index in [9.17, 15) is 9.90 Å². The molecule has 4 aromatic rings. The second-order valence-electron chi connectivity index (χ2n) is 9.00. The minimum atomic E-state index is -0.983. The molecule has 1 saturated heterocycles. The summed E-state index contributed by atoms with van der Waals surface area (Å²) < 4.78 is 0. The first kappa shape index (κ1) is 22.9. The SMILES string of the molecule is Cc1ccc2c(N3CCN(CCc4cccc(N(C(=O)O)c5ccccc5)c4)CC3)cccc2n1. The van der Waals surface area contributed by atoms with Crippen LogP contribution in [0.25, 0.3) is 10.9 Å². The number of benzene rings is 3. The van der Waals surface area contributed by atoms with E-state index in [1.807, 2.05) is 55.5 Å². The Bertz CT molecular complexity index is 1320. The summed E-state index contributed by atoms with van der Waals surface area (Å²) in [6, 6.07) is 27.7. The third-order valence-corrected chi connectivity index (χ3v) is 6.65. The monoisotopic (exact) mass is 466 g/mol. The number of carboxylic acid groups (broad SMARTS) is 1. The van der Waals surface area contributed by atoms with Crippen LogP contribution in [0.1, 0.15) is 11.3 Å². The number of carbonyl (C=O) groups is 1. The third-order valence-electron chi connectivity index (χ3n) is 6.65. The van der Waals surface area contributed by atoms with Gasteiger partial charge in [-0.1, -0.05) is 36.4 Å². The summed E-state index contributed by atoms with van der Waals surface area (Å²) in [4.78, 5) is 22.9. The van der Waals surface area contributed by atoms with Crippen LogP contribution in [0.5, 0.6) is 0 Å². The van der Waals surface area contributed by atoms with E-state index in [-0.39, 0.29) is 0 Å². The number of aromatic nitrogens is 1. The molecule has 6 heteroatoms. The van der Waals surface area contributed by atoms with Crippen molar-refractivity contribution in [3.05, 3.63) is 96.2 Å². The molecule has 1 amide bonds. The number of hydrogen-bond acceptors (Lipinski definition) is 4. The van der Waals surface area contributed by atoms with Gasteiger partial charge in [0.2, 0.25) is 0 Å². The molecular weight excluding hydrogens is 436 g/mol. The highest BCUT2D eigenvalue weighted by molar-refractivity contribution is 5.95. The Morgan fingerprint density at radius 3 is 2.40 bits per heavy atom. The van der Waals surface area contributed by atoms with Gasteiger partial charge in [0.1, 0.15) is 0 Å². The molecule has 1 N–H and O–H groups in total. The lowest BCUT2D eigenvalue weighted by Gasteiger charge is -2.36. The summed E-state index contributed by atoms with van der Waals surface area (Å²) in [7, 11) is 0. The summed E-state index contributed by atoms with van der Waals surface area (Å²) in [6.45, 7) is 6.94. The van der Waals surface area contributed by atoms with Crippen molar-refractivity contribution in [3.8, 4) is 0 Å². The number of amides is 1. The fraction of sp³-hybridized carbons (Fsp3) is 0.241. The van der Waals surface area contributed by atoms with Gasteiger partial charge in [0.25, 0.3) is 0 Å². The van der Waals surface area contributed by atoms with Gasteiger partial charge >= 0.3 is 6.09 Å². The molecule has 0 aliphatic carbocycles. The normalized spacial score (nSPS) is 14.3. The average Bonchev–Trinajstić information content (AvgIpc) is 2.88. The van der Waals surface area contributed by atoms with Crippen LogP contribution in [0.4, 0.5) is 21.9 Å². The number of rotatable bonds is 6. The summed E-state index contributed by atoms with van der Waals surface area (Å²) in [6.07, 6.45) is -0.101. The number of piperazine rings is 1. The van der Waals surface area contributed by atoms with E-state index >= 15 is 0 Å².